The fourth-order valence-corrected chi connectivity index (χ4v) is 3.20. The number of carbonyl (C=O) groups is 2. The van der Waals surface area contributed by atoms with E-state index in [4.69, 9.17) is 0 Å². The number of pyridine rings is 1. The average molecular weight is 318 g/mol. The first-order chi connectivity index (χ1) is 11.0. The first-order valence-corrected chi connectivity index (χ1v) is 7.89. The number of amides is 2. The van der Waals surface area contributed by atoms with Gasteiger partial charge in [-0.25, -0.2) is 0 Å². The number of carbonyl (C=O) groups excluding carboxylic acids is 2. The number of aromatic nitrogens is 1. The molecule has 7 heteroatoms. The lowest BCUT2D eigenvalue weighted by atomic mass is 10.0. The first kappa shape index (κ1) is 15.9. The van der Waals surface area contributed by atoms with Gasteiger partial charge in [-0.3, -0.25) is 19.5 Å². The number of hydrogen-bond donors (Lipinski definition) is 2. The van der Waals surface area contributed by atoms with Gasteiger partial charge in [-0.2, -0.15) is 0 Å². The summed E-state index contributed by atoms with van der Waals surface area (Å²) in [6.45, 7) is 5.80. The number of fused-ring (bicyclic) bond motifs is 1. The molecule has 2 N–H and O–H groups in total. The molecule has 0 aromatic carbocycles. The maximum absolute atomic E-state index is 12.4. The number of piperazine rings is 2. The van der Waals surface area contributed by atoms with E-state index in [9.17, 15) is 14.7 Å². The lowest BCUT2D eigenvalue weighted by Crippen LogP contribution is -2.70. The molecule has 1 aromatic heterocycles. The van der Waals surface area contributed by atoms with Crippen LogP contribution in [0.5, 0.6) is 0 Å². The minimum Gasteiger partial charge on any atom is -0.391 e. The fourth-order valence-electron chi connectivity index (χ4n) is 3.20. The van der Waals surface area contributed by atoms with Crippen LogP contribution in [0.25, 0.3) is 0 Å². The van der Waals surface area contributed by atoms with E-state index in [1.54, 1.807) is 4.90 Å². The quantitative estimate of drug-likeness (QED) is 0.768. The number of nitrogens with zero attached hydrogens (tertiary/aromatic N) is 3. The third-order valence-corrected chi connectivity index (χ3v) is 4.43. The number of aliphatic hydroxyl groups excluding tert-OH is 1. The van der Waals surface area contributed by atoms with Gasteiger partial charge in [-0.1, -0.05) is 6.07 Å². The van der Waals surface area contributed by atoms with Crippen LogP contribution in [-0.2, 0) is 16.1 Å². The van der Waals surface area contributed by atoms with E-state index >= 15 is 0 Å². The van der Waals surface area contributed by atoms with Gasteiger partial charge in [-0.15, -0.1) is 0 Å². The summed E-state index contributed by atoms with van der Waals surface area (Å²) in [6, 6.07) is 4.57. The van der Waals surface area contributed by atoms with Crippen molar-refractivity contribution in [2.24, 2.45) is 0 Å². The van der Waals surface area contributed by atoms with E-state index in [0.717, 1.165) is 11.4 Å². The second-order valence-corrected chi connectivity index (χ2v) is 6.28. The molecular formula is C16H22N4O3. The van der Waals surface area contributed by atoms with Crippen molar-refractivity contribution in [3.05, 3.63) is 29.6 Å². The number of hydrogen-bond acceptors (Lipinski definition) is 5. The predicted octanol–water partition coefficient (Wildman–Crippen LogP) is -0.718. The van der Waals surface area contributed by atoms with E-state index in [1.807, 2.05) is 25.1 Å². The molecule has 0 unspecified atom stereocenters. The zero-order valence-corrected chi connectivity index (χ0v) is 13.4. The number of aryl methyl sites for hydroxylation is 1. The van der Waals surface area contributed by atoms with Crippen molar-refractivity contribution in [3.8, 4) is 0 Å². The van der Waals surface area contributed by atoms with Gasteiger partial charge >= 0.3 is 0 Å². The molecule has 1 aromatic rings. The van der Waals surface area contributed by atoms with Crippen molar-refractivity contribution in [3.63, 3.8) is 0 Å². The van der Waals surface area contributed by atoms with Crippen LogP contribution in [0.3, 0.4) is 0 Å². The predicted molar refractivity (Wildman–Crippen MR) is 83.4 cm³/mol. The Hall–Kier alpha value is -1.99. The average Bonchev–Trinajstić information content (AvgIpc) is 2.50. The molecule has 3 heterocycles. The molecular weight excluding hydrogens is 296 g/mol. The molecule has 2 saturated heterocycles. The highest BCUT2D eigenvalue weighted by atomic mass is 16.3. The van der Waals surface area contributed by atoms with Crippen LogP contribution in [-0.4, -0.2) is 69.5 Å². The summed E-state index contributed by atoms with van der Waals surface area (Å²) in [6.07, 6.45) is -0.887. The summed E-state index contributed by atoms with van der Waals surface area (Å²) in [5, 5.41) is 12.3. The van der Waals surface area contributed by atoms with Crippen LogP contribution in [0.2, 0.25) is 0 Å². The van der Waals surface area contributed by atoms with E-state index in [-0.39, 0.29) is 11.8 Å². The Kier molecular flexibility index (Phi) is 4.32. The molecule has 3 atom stereocenters. The minimum absolute atomic E-state index is 0.196. The van der Waals surface area contributed by atoms with Crippen molar-refractivity contribution < 1.29 is 14.7 Å². The molecule has 0 radical (unpaired) electrons. The summed E-state index contributed by atoms with van der Waals surface area (Å²) in [7, 11) is 0. The number of aliphatic hydroxyl groups is 1. The van der Waals surface area contributed by atoms with E-state index in [2.05, 4.69) is 15.2 Å². The Bertz CT molecular complexity index is 619. The van der Waals surface area contributed by atoms with Crippen LogP contribution in [0, 0.1) is 6.92 Å². The summed E-state index contributed by atoms with van der Waals surface area (Å²) in [5.74, 6) is -0.393. The maximum atomic E-state index is 12.4. The molecule has 0 saturated carbocycles. The Morgan fingerprint density at radius 3 is 2.87 bits per heavy atom. The van der Waals surface area contributed by atoms with Crippen molar-refractivity contribution in [2.45, 2.75) is 38.6 Å². The largest absolute Gasteiger partial charge is 0.391 e. The van der Waals surface area contributed by atoms with Gasteiger partial charge in [0.2, 0.25) is 11.8 Å². The summed E-state index contributed by atoms with van der Waals surface area (Å²) in [5.41, 5.74) is 1.93. The van der Waals surface area contributed by atoms with Gasteiger partial charge in [-0.05, 0) is 26.0 Å². The van der Waals surface area contributed by atoms with Crippen molar-refractivity contribution in [1.82, 2.24) is 20.1 Å². The van der Waals surface area contributed by atoms with Crippen molar-refractivity contribution >= 4 is 11.8 Å². The second-order valence-electron chi connectivity index (χ2n) is 6.28. The van der Waals surface area contributed by atoms with Gasteiger partial charge in [0, 0.05) is 31.9 Å². The molecule has 0 aliphatic carbocycles. The molecule has 0 bridgehead atoms. The molecule has 2 aliphatic rings. The summed E-state index contributed by atoms with van der Waals surface area (Å²) >= 11 is 0. The zero-order chi connectivity index (χ0) is 16.6. The first-order valence-electron chi connectivity index (χ1n) is 7.89. The highest BCUT2D eigenvalue weighted by molar-refractivity contribution is 5.97. The van der Waals surface area contributed by atoms with Crippen molar-refractivity contribution in [2.75, 3.05) is 19.6 Å². The number of rotatable bonds is 3. The molecule has 2 amide bonds. The van der Waals surface area contributed by atoms with Crippen LogP contribution in [0.1, 0.15) is 18.3 Å². The maximum Gasteiger partial charge on any atom is 0.248 e. The molecule has 2 aliphatic heterocycles. The lowest BCUT2D eigenvalue weighted by molar-refractivity contribution is -0.156. The molecule has 2 fully saturated rings. The topological polar surface area (TPSA) is 85.8 Å². The summed E-state index contributed by atoms with van der Waals surface area (Å²) < 4.78 is 0. The van der Waals surface area contributed by atoms with Gasteiger partial charge in [0.05, 0.1) is 11.8 Å². The van der Waals surface area contributed by atoms with Crippen LogP contribution in [0.15, 0.2) is 18.2 Å². The standard InChI is InChI=1S/C16H22N4O3/c1-10-4-3-5-12(17-10)8-19-6-7-20-13(9-19)15(22)18-14(11(2)21)16(20)23/h3-5,11,13-14,21H,6-9H2,1-2H3,(H,18,22)/t11-,13+,14+/m0/s1. The minimum atomic E-state index is -0.887. The zero-order valence-electron chi connectivity index (χ0n) is 13.4. The van der Waals surface area contributed by atoms with Crippen LogP contribution >= 0.6 is 0 Å². The third kappa shape index (κ3) is 3.20. The van der Waals surface area contributed by atoms with Crippen molar-refractivity contribution in [1.29, 1.82) is 0 Å². The second kappa shape index (κ2) is 6.25. The fraction of sp³-hybridized carbons (Fsp3) is 0.562. The van der Waals surface area contributed by atoms with E-state index in [0.29, 0.717) is 26.2 Å². The van der Waals surface area contributed by atoms with Gasteiger partial charge in [0.1, 0.15) is 12.1 Å². The Balaban J connectivity index is 1.69. The SMILES string of the molecule is Cc1cccc(CN2CCN3C(=O)[C@@H]([C@H](C)O)NC(=O)[C@H]3C2)n1. The van der Waals surface area contributed by atoms with Gasteiger partial charge in [0.25, 0.3) is 0 Å². The van der Waals surface area contributed by atoms with E-state index in [1.165, 1.54) is 6.92 Å². The van der Waals surface area contributed by atoms with Gasteiger partial charge in [0.15, 0.2) is 0 Å². The third-order valence-electron chi connectivity index (χ3n) is 4.43. The van der Waals surface area contributed by atoms with Gasteiger partial charge < -0.3 is 15.3 Å². The Morgan fingerprint density at radius 2 is 2.17 bits per heavy atom. The summed E-state index contributed by atoms with van der Waals surface area (Å²) in [4.78, 5) is 32.9. The Labute approximate surface area is 135 Å². The molecule has 23 heavy (non-hydrogen) atoms. The lowest BCUT2D eigenvalue weighted by Gasteiger charge is -2.45. The molecule has 0 spiro atoms. The number of nitrogens with one attached hydrogen (secondary N) is 1. The molecule has 3 rings (SSSR count). The molecule has 124 valence electrons. The highest BCUT2D eigenvalue weighted by Crippen LogP contribution is 2.18. The smallest absolute Gasteiger partial charge is 0.248 e. The van der Waals surface area contributed by atoms with E-state index < -0.39 is 18.2 Å². The van der Waals surface area contributed by atoms with Crippen LogP contribution < -0.4 is 5.32 Å². The van der Waals surface area contributed by atoms with Crippen LogP contribution in [0.4, 0.5) is 0 Å². The monoisotopic (exact) mass is 318 g/mol. The highest BCUT2D eigenvalue weighted by Gasteiger charge is 2.44. The normalized spacial score (nSPS) is 26.7. The Morgan fingerprint density at radius 1 is 1.39 bits per heavy atom. The molecule has 7 nitrogen and oxygen atoms in total.